The number of halogens is 1. The summed E-state index contributed by atoms with van der Waals surface area (Å²) in [6, 6.07) is 15.8. The summed E-state index contributed by atoms with van der Waals surface area (Å²) in [7, 11) is 0. The van der Waals surface area contributed by atoms with Gasteiger partial charge in [-0.3, -0.25) is 0 Å². The molecule has 0 aliphatic carbocycles. The predicted molar refractivity (Wildman–Crippen MR) is 85.2 cm³/mol. The van der Waals surface area contributed by atoms with Gasteiger partial charge in [-0.05, 0) is 49.4 Å². The monoisotopic (exact) mass is 305 g/mol. The zero-order valence-electron chi connectivity index (χ0n) is 12.3. The minimum atomic E-state index is -0.306. The lowest BCUT2D eigenvalue weighted by atomic mass is 10.1. The molecule has 0 saturated heterocycles. The second kappa shape index (κ2) is 5.28. The molecule has 0 saturated carbocycles. The highest BCUT2D eigenvalue weighted by molar-refractivity contribution is 5.81. The third-order valence-electron chi connectivity index (χ3n) is 3.58. The molecule has 4 rings (SSSR count). The molecular weight excluding hydrogens is 293 g/mol. The second-order valence-corrected chi connectivity index (χ2v) is 5.31. The number of benzene rings is 2. The lowest BCUT2D eigenvalue weighted by Gasteiger charge is -2.00. The Hall–Kier alpha value is -3.08. The summed E-state index contributed by atoms with van der Waals surface area (Å²) in [6.07, 6.45) is 0. The van der Waals surface area contributed by atoms with Crippen LogP contribution in [0.2, 0.25) is 0 Å². The molecule has 0 bridgehead atoms. The molecule has 4 aromatic rings. The van der Waals surface area contributed by atoms with Crippen LogP contribution in [0.1, 0.15) is 5.56 Å². The van der Waals surface area contributed by atoms with Crippen LogP contribution in [0.5, 0.6) is 0 Å². The molecule has 0 aliphatic heterocycles. The van der Waals surface area contributed by atoms with Gasteiger partial charge in [0.1, 0.15) is 11.5 Å². The van der Waals surface area contributed by atoms with E-state index in [0.29, 0.717) is 23.0 Å². The van der Waals surface area contributed by atoms with Gasteiger partial charge in [-0.15, -0.1) is 10.2 Å². The minimum Gasteiger partial charge on any atom is -0.415 e. The molecule has 0 fully saturated rings. The van der Waals surface area contributed by atoms with Crippen LogP contribution in [-0.4, -0.2) is 15.2 Å². The van der Waals surface area contributed by atoms with Crippen LogP contribution in [-0.2, 0) is 0 Å². The molecule has 0 N–H and O–H groups in total. The zero-order valence-corrected chi connectivity index (χ0v) is 12.3. The van der Waals surface area contributed by atoms with Crippen molar-refractivity contribution in [1.29, 1.82) is 0 Å². The molecule has 0 spiro atoms. The van der Waals surface area contributed by atoms with E-state index in [-0.39, 0.29) is 5.82 Å². The third-order valence-corrected chi connectivity index (χ3v) is 3.58. The lowest BCUT2D eigenvalue weighted by Crippen LogP contribution is -1.86. The summed E-state index contributed by atoms with van der Waals surface area (Å²) in [4.78, 5) is 4.55. The number of aromatic nitrogens is 3. The number of hydrogen-bond donors (Lipinski definition) is 0. The lowest BCUT2D eigenvalue weighted by molar-refractivity contribution is 0.581. The Bertz CT molecular complexity index is 993. The topological polar surface area (TPSA) is 51.8 Å². The van der Waals surface area contributed by atoms with Crippen molar-refractivity contribution < 1.29 is 8.81 Å². The summed E-state index contributed by atoms with van der Waals surface area (Å²) in [5.74, 6) is 0.373. The maximum Gasteiger partial charge on any atom is 0.266 e. The number of nitrogens with zero attached hydrogens (tertiary/aromatic N) is 3. The van der Waals surface area contributed by atoms with Crippen molar-refractivity contribution in [2.24, 2.45) is 0 Å². The van der Waals surface area contributed by atoms with Crippen molar-refractivity contribution in [2.45, 2.75) is 6.92 Å². The standard InChI is InChI=1S/C18H12FN3O/c1-11-2-8-15-13(10-11)5-9-16(20-15)18-22-21-17(23-18)12-3-6-14(19)7-4-12/h2-10H,1H3. The average molecular weight is 305 g/mol. The van der Waals surface area contributed by atoms with E-state index in [1.807, 2.05) is 31.2 Å². The van der Waals surface area contributed by atoms with Gasteiger partial charge in [-0.1, -0.05) is 17.7 Å². The minimum absolute atomic E-state index is 0.306. The molecular formula is C18H12FN3O. The molecule has 2 aromatic carbocycles. The highest BCUT2D eigenvalue weighted by Crippen LogP contribution is 2.24. The first-order chi connectivity index (χ1) is 11.2. The molecule has 0 atom stereocenters. The Morgan fingerprint density at radius 2 is 1.65 bits per heavy atom. The van der Waals surface area contributed by atoms with Crippen LogP contribution in [0.4, 0.5) is 4.39 Å². The van der Waals surface area contributed by atoms with Crippen molar-refractivity contribution in [3.63, 3.8) is 0 Å². The summed E-state index contributed by atoms with van der Waals surface area (Å²) in [6.45, 7) is 2.04. The van der Waals surface area contributed by atoms with Crippen LogP contribution in [0.3, 0.4) is 0 Å². The summed E-state index contributed by atoms with van der Waals surface area (Å²) in [5, 5.41) is 9.11. The molecule has 0 aliphatic rings. The summed E-state index contributed by atoms with van der Waals surface area (Å²) in [5.41, 5.74) is 3.34. The Kier molecular flexibility index (Phi) is 3.12. The average Bonchev–Trinajstić information content (AvgIpc) is 3.05. The molecule has 0 radical (unpaired) electrons. The van der Waals surface area contributed by atoms with Crippen molar-refractivity contribution in [1.82, 2.24) is 15.2 Å². The first-order valence-corrected chi connectivity index (χ1v) is 7.16. The summed E-state index contributed by atoms with van der Waals surface area (Å²) >= 11 is 0. The molecule has 4 nitrogen and oxygen atoms in total. The zero-order chi connectivity index (χ0) is 15.8. The number of aryl methyl sites for hydroxylation is 1. The predicted octanol–water partition coefficient (Wildman–Crippen LogP) is 4.40. The largest absolute Gasteiger partial charge is 0.415 e. The SMILES string of the molecule is Cc1ccc2nc(-c3nnc(-c4ccc(F)cc4)o3)ccc2c1. The third kappa shape index (κ3) is 2.57. The smallest absolute Gasteiger partial charge is 0.266 e. The normalized spacial score (nSPS) is 11.0. The molecule has 112 valence electrons. The van der Waals surface area contributed by atoms with Crippen LogP contribution in [0.15, 0.2) is 59.0 Å². The quantitative estimate of drug-likeness (QED) is 0.551. The molecule has 2 aromatic heterocycles. The van der Waals surface area contributed by atoms with Gasteiger partial charge in [0, 0.05) is 10.9 Å². The molecule has 5 heteroatoms. The fourth-order valence-corrected chi connectivity index (χ4v) is 2.40. The van der Waals surface area contributed by atoms with E-state index >= 15 is 0 Å². The maximum atomic E-state index is 13.0. The van der Waals surface area contributed by atoms with Crippen molar-refractivity contribution >= 4 is 10.9 Å². The van der Waals surface area contributed by atoms with E-state index in [1.165, 1.54) is 17.7 Å². The highest BCUT2D eigenvalue weighted by Gasteiger charge is 2.12. The molecule has 0 amide bonds. The Balaban J connectivity index is 1.73. The first kappa shape index (κ1) is 13.6. The van der Waals surface area contributed by atoms with Gasteiger partial charge in [0.2, 0.25) is 5.89 Å². The highest BCUT2D eigenvalue weighted by atomic mass is 19.1. The van der Waals surface area contributed by atoms with Crippen molar-refractivity contribution in [2.75, 3.05) is 0 Å². The van der Waals surface area contributed by atoms with Crippen LogP contribution in [0, 0.1) is 12.7 Å². The van der Waals surface area contributed by atoms with E-state index in [9.17, 15) is 4.39 Å². The summed E-state index contributed by atoms with van der Waals surface area (Å²) < 4.78 is 18.6. The molecule has 0 unspecified atom stereocenters. The van der Waals surface area contributed by atoms with Gasteiger partial charge < -0.3 is 4.42 Å². The van der Waals surface area contributed by atoms with Crippen LogP contribution >= 0.6 is 0 Å². The van der Waals surface area contributed by atoms with E-state index in [4.69, 9.17) is 4.42 Å². The van der Waals surface area contributed by atoms with Crippen LogP contribution in [0.25, 0.3) is 33.9 Å². The Morgan fingerprint density at radius 1 is 0.870 bits per heavy atom. The van der Waals surface area contributed by atoms with E-state index < -0.39 is 0 Å². The molecule has 2 heterocycles. The van der Waals surface area contributed by atoms with E-state index in [0.717, 1.165) is 10.9 Å². The van der Waals surface area contributed by atoms with Crippen molar-refractivity contribution in [3.8, 4) is 23.0 Å². The Morgan fingerprint density at radius 3 is 2.48 bits per heavy atom. The number of hydrogen-bond acceptors (Lipinski definition) is 4. The fourth-order valence-electron chi connectivity index (χ4n) is 2.40. The van der Waals surface area contributed by atoms with E-state index in [2.05, 4.69) is 21.2 Å². The maximum absolute atomic E-state index is 13.0. The van der Waals surface area contributed by atoms with Gasteiger partial charge in [-0.25, -0.2) is 9.37 Å². The van der Waals surface area contributed by atoms with Crippen LogP contribution < -0.4 is 0 Å². The van der Waals surface area contributed by atoms with Gasteiger partial charge >= 0.3 is 0 Å². The number of fused-ring (bicyclic) bond motifs is 1. The van der Waals surface area contributed by atoms with Crippen molar-refractivity contribution in [3.05, 3.63) is 66.0 Å². The van der Waals surface area contributed by atoms with Gasteiger partial charge in [0.05, 0.1) is 5.52 Å². The van der Waals surface area contributed by atoms with Gasteiger partial charge in [0.15, 0.2) is 0 Å². The Labute approximate surface area is 131 Å². The fraction of sp³-hybridized carbons (Fsp3) is 0.0556. The molecule has 23 heavy (non-hydrogen) atoms. The van der Waals surface area contributed by atoms with Gasteiger partial charge in [-0.2, -0.15) is 0 Å². The van der Waals surface area contributed by atoms with Gasteiger partial charge in [0.25, 0.3) is 5.89 Å². The second-order valence-electron chi connectivity index (χ2n) is 5.31. The first-order valence-electron chi connectivity index (χ1n) is 7.16. The number of pyridine rings is 1. The number of rotatable bonds is 2. The van der Waals surface area contributed by atoms with E-state index in [1.54, 1.807) is 12.1 Å².